The van der Waals surface area contributed by atoms with Crippen molar-refractivity contribution in [1.29, 1.82) is 0 Å². The highest BCUT2D eigenvalue weighted by molar-refractivity contribution is 5.75. The minimum Gasteiger partial charge on any atom is -0.459 e. The Morgan fingerprint density at radius 2 is 1.76 bits per heavy atom. The van der Waals surface area contributed by atoms with Gasteiger partial charge in [0.2, 0.25) is 0 Å². The van der Waals surface area contributed by atoms with Crippen molar-refractivity contribution in [2.45, 2.75) is 79.4 Å². The summed E-state index contributed by atoms with van der Waals surface area (Å²) in [7, 11) is 2.01. The van der Waals surface area contributed by atoms with Crippen LogP contribution in [-0.2, 0) is 14.3 Å². The number of esters is 1. The van der Waals surface area contributed by atoms with E-state index in [4.69, 9.17) is 9.53 Å². The van der Waals surface area contributed by atoms with Crippen LogP contribution in [0.15, 0.2) is 0 Å². The van der Waals surface area contributed by atoms with Crippen LogP contribution >= 0.6 is 0 Å². The van der Waals surface area contributed by atoms with Crippen LogP contribution in [0.4, 0.5) is 0 Å². The number of aldehydes is 1. The van der Waals surface area contributed by atoms with E-state index in [0.29, 0.717) is 5.92 Å². The molecule has 0 heterocycles. The average Bonchev–Trinajstić information content (AvgIpc) is 2.36. The van der Waals surface area contributed by atoms with Crippen LogP contribution in [0.2, 0.25) is 0 Å². The molecule has 21 heavy (non-hydrogen) atoms. The summed E-state index contributed by atoms with van der Waals surface area (Å²) in [6.45, 7) is 14.5. The fraction of sp³-hybridized carbons (Fsp3) is 0.882. The molecule has 0 rings (SSSR count). The van der Waals surface area contributed by atoms with Crippen LogP contribution < -0.4 is 0 Å². The zero-order valence-electron chi connectivity index (χ0n) is 15.2. The van der Waals surface area contributed by atoms with E-state index in [2.05, 4.69) is 18.7 Å². The highest BCUT2D eigenvalue weighted by Gasteiger charge is 2.25. The smallest absolute Gasteiger partial charge is 0.323 e. The summed E-state index contributed by atoms with van der Waals surface area (Å²) in [6.07, 6.45) is 4.34. The van der Waals surface area contributed by atoms with Gasteiger partial charge in [-0.15, -0.1) is 0 Å². The molecule has 2 atom stereocenters. The summed E-state index contributed by atoms with van der Waals surface area (Å²) >= 11 is 0. The largest absolute Gasteiger partial charge is 0.459 e. The Kier molecular flexibility index (Phi) is 12.5. The summed E-state index contributed by atoms with van der Waals surface area (Å²) in [5.41, 5.74) is -0.403. The molecule has 0 spiro atoms. The molecule has 0 saturated carbocycles. The summed E-state index contributed by atoms with van der Waals surface area (Å²) < 4.78 is 5.42. The molecule has 0 aliphatic heterocycles. The third-order valence-corrected chi connectivity index (χ3v) is 3.23. The van der Waals surface area contributed by atoms with Crippen molar-refractivity contribution in [3.63, 3.8) is 0 Å². The molecule has 0 aromatic carbocycles. The molecule has 0 N–H and O–H groups in total. The lowest BCUT2D eigenvalue weighted by atomic mass is 10.00. The van der Waals surface area contributed by atoms with Crippen LogP contribution in [0.5, 0.6) is 0 Å². The molecule has 0 bridgehead atoms. The maximum absolute atomic E-state index is 12.0. The lowest BCUT2D eigenvalue weighted by molar-refractivity contribution is -0.160. The predicted octanol–water partition coefficient (Wildman–Crippen LogP) is 3.68. The Labute approximate surface area is 131 Å². The molecule has 0 amide bonds. The first-order valence-corrected chi connectivity index (χ1v) is 7.95. The van der Waals surface area contributed by atoms with Gasteiger partial charge in [0.15, 0.2) is 0 Å². The second kappa shape index (κ2) is 11.7. The van der Waals surface area contributed by atoms with Crippen LogP contribution in [0.1, 0.15) is 67.7 Å². The van der Waals surface area contributed by atoms with Crippen molar-refractivity contribution in [2.75, 3.05) is 13.6 Å². The molecule has 0 fully saturated rings. The SMILES string of the molecule is CC=O.CCCC(CC)CN(C)[C@H](C)C(=O)OC(C)(C)C. The standard InChI is InChI=1S/C15H31NO2.C2H4O/c1-8-10-13(9-2)11-16(7)12(3)14(17)18-15(4,5)6;1-2-3/h12-13H,8-11H2,1-7H3;2H,1H3/t12-,13?;/m1./s1. The highest BCUT2D eigenvalue weighted by Crippen LogP contribution is 2.15. The molecule has 0 aromatic rings. The summed E-state index contributed by atoms with van der Waals surface area (Å²) in [5, 5.41) is 0. The van der Waals surface area contributed by atoms with Gasteiger partial charge < -0.3 is 9.53 Å². The third kappa shape index (κ3) is 12.5. The molecule has 4 heteroatoms. The molecule has 0 radical (unpaired) electrons. The minimum atomic E-state index is -0.403. The Balaban J connectivity index is 0. The van der Waals surface area contributed by atoms with Gasteiger partial charge in [0.05, 0.1) is 0 Å². The normalized spacial score (nSPS) is 14.0. The Morgan fingerprint density at radius 1 is 1.29 bits per heavy atom. The third-order valence-electron chi connectivity index (χ3n) is 3.23. The first-order chi connectivity index (χ1) is 9.62. The van der Waals surface area contributed by atoms with Gasteiger partial charge in [-0.3, -0.25) is 9.69 Å². The van der Waals surface area contributed by atoms with Crippen LogP contribution in [-0.4, -0.2) is 42.4 Å². The highest BCUT2D eigenvalue weighted by atomic mass is 16.6. The van der Waals surface area contributed by atoms with E-state index in [0.717, 1.165) is 12.8 Å². The van der Waals surface area contributed by atoms with Gasteiger partial charge in [-0.05, 0) is 54.0 Å². The van der Waals surface area contributed by atoms with Crippen molar-refractivity contribution in [3.05, 3.63) is 0 Å². The lowest BCUT2D eigenvalue weighted by Crippen LogP contribution is -2.42. The summed E-state index contributed by atoms with van der Waals surface area (Å²) in [6, 6.07) is -0.171. The monoisotopic (exact) mass is 301 g/mol. The second-order valence-corrected chi connectivity index (χ2v) is 6.45. The lowest BCUT2D eigenvalue weighted by Gasteiger charge is -2.29. The maximum Gasteiger partial charge on any atom is 0.323 e. The quantitative estimate of drug-likeness (QED) is 0.531. The number of carbonyl (C=O) groups excluding carboxylic acids is 2. The molecule has 126 valence electrons. The first kappa shape index (κ1) is 22.4. The van der Waals surface area contributed by atoms with E-state index in [9.17, 15) is 4.79 Å². The topological polar surface area (TPSA) is 46.6 Å². The number of carbonyl (C=O) groups is 2. The minimum absolute atomic E-state index is 0.128. The van der Waals surface area contributed by atoms with E-state index in [1.165, 1.54) is 26.2 Å². The fourth-order valence-electron chi connectivity index (χ4n) is 1.97. The molecule has 0 aromatic heterocycles. The van der Waals surface area contributed by atoms with Crippen molar-refractivity contribution in [2.24, 2.45) is 5.92 Å². The molecular formula is C17H35NO3. The average molecular weight is 301 g/mol. The van der Waals surface area contributed by atoms with Crippen LogP contribution in [0.25, 0.3) is 0 Å². The van der Waals surface area contributed by atoms with Crippen molar-refractivity contribution in [1.82, 2.24) is 4.90 Å². The summed E-state index contributed by atoms with van der Waals surface area (Å²) in [5.74, 6) is 0.543. The fourth-order valence-corrected chi connectivity index (χ4v) is 1.97. The molecule has 0 saturated heterocycles. The van der Waals surface area contributed by atoms with Gasteiger partial charge in [-0.25, -0.2) is 0 Å². The van der Waals surface area contributed by atoms with E-state index in [-0.39, 0.29) is 12.0 Å². The van der Waals surface area contributed by atoms with Crippen molar-refractivity contribution in [3.8, 4) is 0 Å². The molecule has 1 unspecified atom stereocenters. The number of likely N-dealkylation sites (N-methyl/N-ethyl adjacent to an activating group) is 1. The van der Waals surface area contributed by atoms with Gasteiger partial charge in [-0.2, -0.15) is 0 Å². The van der Waals surface area contributed by atoms with E-state index < -0.39 is 5.60 Å². The summed E-state index contributed by atoms with van der Waals surface area (Å²) in [4.78, 5) is 22.9. The van der Waals surface area contributed by atoms with Gasteiger partial charge >= 0.3 is 5.97 Å². The van der Waals surface area contributed by atoms with E-state index in [1.807, 2.05) is 34.7 Å². The Morgan fingerprint density at radius 3 is 2.10 bits per heavy atom. The molecule has 0 aliphatic carbocycles. The van der Waals surface area contributed by atoms with Gasteiger partial charge in [-0.1, -0.05) is 26.7 Å². The zero-order chi connectivity index (χ0) is 17.1. The van der Waals surface area contributed by atoms with Crippen LogP contribution in [0.3, 0.4) is 0 Å². The Bertz CT molecular complexity index is 284. The molecule has 4 nitrogen and oxygen atoms in total. The van der Waals surface area contributed by atoms with E-state index in [1.54, 1.807) is 0 Å². The van der Waals surface area contributed by atoms with Gasteiger partial charge in [0.1, 0.15) is 17.9 Å². The Hall–Kier alpha value is -0.900. The predicted molar refractivity (Wildman–Crippen MR) is 88.4 cm³/mol. The number of rotatable bonds is 7. The van der Waals surface area contributed by atoms with Crippen molar-refractivity contribution < 1.29 is 14.3 Å². The number of ether oxygens (including phenoxy) is 1. The van der Waals surface area contributed by atoms with Gasteiger partial charge in [0.25, 0.3) is 0 Å². The maximum atomic E-state index is 12.0. The first-order valence-electron chi connectivity index (χ1n) is 7.95. The second-order valence-electron chi connectivity index (χ2n) is 6.45. The number of hydrogen-bond donors (Lipinski definition) is 0. The molecular weight excluding hydrogens is 266 g/mol. The molecule has 0 aliphatic rings. The van der Waals surface area contributed by atoms with E-state index >= 15 is 0 Å². The number of nitrogens with zero attached hydrogens (tertiary/aromatic N) is 1. The van der Waals surface area contributed by atoms with Crippen molar-refractivity contribution >= 4 is 12.3 Å². The van der Waals surface area contributed by atoms with Crippen LogP contribution in [0, 0.1) is 5.92 Å². The number of hydrogen-bond acceptors (Lipinski definition) is 4. The zero-order valence-corrected chi connectivity index (χ0v) is 15.2. The van der Waals surface area contributed by atoms with Gasteiger partial charge in [0, 0.05) is 6.54 Å².